The molecule has 2 aromatic carbocycles. The van der Waals surface area contributed by atoms with Gasteiger partial charge >= 0.3 is 0 Å². The molecule has 0 N–H and O–H groups in total. The van der Waals surface area contributed by atoms with E-state index in [4.69, 9.17) is 14.2 Å². The number of rotatable bonds is 5. The Morgan fingerprint density at radius 1 is 1.00 bits per heavy atom. The van der Waals surface area contributed by atoms with Crippen molar-refractivity contribution >= 4 is 11.8 Å². The van der Waals surface area contributed by atoms with E-state index >= 15 is 0 Å². The third-order valence-corrected chi connectivity index (χ3v) is 7.13. The summed E-state index contributed by atoms with van der Waals surface area (Å²) in [6.07, 6.45) is 2.78. The number of hydrogen-bond donors (Lipinski definition) is 0. The fourth-order valence-electron chi connectivity index (χ4n) is 5.16. The third-order valence-electron chi connectivity index (χ3n) is 7.13. The highest BCUT2D eigenvalue weighted by molar-refractivity contribution is 5.79. The summed E-state index contributed by atoms with van der Waals surface area (Å²) in [5.74, 6) is 3.37. The maximum atomic E-state index is 13.0. The topological polar surface area (TPSA) is 68.3 Å². The molecular weight excluding hydrogens is 420 g/mol. The van der Waals surface area contributed by atoms with Crippen LogP contribution in [0, 0.1) is 11.8 Å². The van der Waals surface area contributed by atoms with Gasteiger partial charge in [-0.05, 0) is 60.1 Å². The molecule has 0 aromatic heterocycles. The van der Waals surface area contributed by atoms with Gasteiger partial charge in [-0.3, -0.25) is 9.59 Å². The zero-order chi connectivity index (χ0) is 22.8. The second-order valence-corrected chi connectivity index (χ2v) is 9.17. The predicted molar refractivity (Wildman–Crippen MR) is 122 cm³/mol. The van der Waals surface area contributed by atoms with E-state index < -0.39 is 0 Å². The minimum Gasteiger partial charge on any atom is -0.497 e. The Morgan fingerprint density at radius 2 is 1.76 bits per heavy atom. The Morgan fingerprint density at radius 3 is 2.58 bits per heavy atom. The summed E-state index contributed by atoms with van der Waals surface area (Å²) in [6, 6.07) is 13.5. The first-order chi connectivity index (χ1) is 16.1. The maximum Gasteiger partial charge on any atom is 0.231 e. The highest BCUT2D eigenvalue weighted by Gasteiger charge is 2.36. The van der Waals surface area contributed by atoms with E-state index in [0.717, 1.165) is 60.9 Å². The number of amides is 2. The molecule has 2 aromatic rings. The standard InChI is InChI=1S/C26H30N2O5/c1-31-22-5-2-18(3-6-22)13-25(29)28-10-8-20-14-26(30)27(11-9-21(20)16-28)15-19-4-7-23-24(12-19)33-17-32-23/h2-7,12,20-21H,8-11,13-17H2,1H3/t20-,21+/m1/s1. The van der Waals surface area contributed by atoms with Crippen LogP contribution in [-0.2, 0) is 22.6 Å². The molecule has 3 heterocycles. The molecule has 7 nitrogen and oxygen atoms in total. The van der Waals surface area contributed by atoms with E-state index in [2.05, 4.69) is 0 Å². The quantitative estimate of drug-likeness (QED) is 0.700. The first-order valence-corrected chi connectivity index (χ1v) is 11.7. The van der Waals surface area contributed by atoms with Crippen LogP contribution in [0.1, 0.15) is 30.4 Å². The zero-order valence-electron chi connectivity index (χ0n) is 19.0. The normalized spacial score (nSPS) is 22.0. The molecule has 0 saturated carbocycles. The first-order valence-electron chi connectivity index (χ1n) is 11.7. The number of nitrogens with zero attached hydrogens (tertiary/aromatic N) is 2. The number of methoxy groups -OCH3 is 1. The van der Waals surface area contributed by atoms with E-state index in [9.17, 15) is 9.59 Å². The molecule has 0 spiro atoms. The molecule has 5 rings (SSSR count). The van der Waals surface area contributed by atoms with Gasteiger partial charge in [0.05, 0.1) is 13.5 Å². The number of carbonyl (C=O) groups excluding carboxylic acids is 2. The van der Waals surface area contributed by atoms with Gasteiger partial charge in [0.25, 0.3) is 0 Å². The fourth-order valence-corrected chi connectivity index (χ4v) is 5.16. The van der Waals surface area contributed by atoms with Crippen molar-refractivity contribution < 1.29 is 23.8 Å². The van der Waals surface area contributed by atoms with Crippen molar-refractivity contribution in [2.24, 2.45) is 11.8 Å². The molecule has 3 aliphatic rings. The SMILES string of the molecule is COc1ccc(CC(=O)N2CC[C@@H]3CC(=O)N(Cc4ccc5c(c4)OCO5)CC[C@H]3C2)cc1. The smallest absolute Gasteiger partial charge is 0.231 e. The van der Waals surface area contributed by atoms with Crippen LogP contribution in [0.4, 0.5) is 0 Å². The highest BCUT2D eigenvalue weighted by Crippen LogP contribution is 2.35. The van der Waals surface area contributed by atoms with E-state index in [1.165, 1.54) is 0 Å². The lowest BCUT2D eigenvalue weighted by atomic mass is 9.82. The molecule has 7 heteroatoms. The number of fused-ring (bicyclic) bond motifs is 2. The molecule has 174 valence electrons. The summed E-state index contributed by atoms with van der Waals surface area (Å²) < 4.78 is 16.1. The van der Waals surface area contributed by atoms with Crippen LogP contribution in [0.15, 0.2) is 42.5 Å². The van der Waals surface area contributed by atoms with Crippen molar-refractivity contribution in [3.63, 3.8) is 0 Å². The van der Waals surface area contributed by atoms with Gasteiger partial charge in [-0.15, -0.1) is 0 Å². The maximum absolute atomic E-state index is 13.0. The number of ether oxygens (including phenoxy) is 3. The number of carbonyl (C=O) groups is 2. The van der Waals surface area contributed by atoms with Gasteiger partial charge in [0.15, 0.2) is 11.5 Å². The van der Waals surface area contributed by atoms with Crippen LogP contribution < -0.4 is 14.2 Å². The van der Waals surface area contributed by atoms with Crippen LogP contribution in [0.25, 0.3) is 0 Å². The monoisotopic (exact) mass is 450 g/mol. The lowest BCUT2D eigenvalue weighted by Gasteiger charge is -2.37. The summed E-state index contributed by atoms with van der Waals surface area (Å²) in [6.45, 7) is 3.01. The van der Waals surface area contributed by atoms with Gasteiger partial charge in [0.1, 0.15) is 5.75 Å². The van der Waals surface area contributed by atoms with Gasteiger partial charge in [-0.1, -0.05) is 18.2 Å². The van der Waals surface area contributed by atoms with Gasteiger partial charge < -0.3 is 24.0 Å². The van der Waals surface area contributed by atoms with Crippen LogP contribution in [0.2, 0.25) is 0 Å². The second kappa shape index (κ2) is 9.33. The average Bonchev–Trinajstić information content (AvgIpc) is 3.24. The minimum atomic E-state index is 0.159. The van der Waals surface area contributed by atoms with E-state index in [-0.39, 0.29) is 18.6 Å². The highest BCUT2D eigenvalue weighted by atomic mass is 16.7. The summed E-state index contributed by atoms with van der Waals surface area (Å²) in [5, 5.41) is 0. The summed E-state index contributed by atoms with van der Waals surface area (Å²) >= 11 is 0. The summed E-state index contributed by atoms with van der Waals surface area (Å²) in [7, 11) is 1.64. The Balaban J connectivity index is 1.19. The summed E-state index contributed by atoms with van der Waals surface area (Å²) in [5.41, 5.74) is 2.04. The van der Waals surface area contributed by atoms with Gasteiger partial charge in [-0.2, -0.15) is 0 Å². The molecule has 0 unspecified atom stereocenters. The zero-order valence-corrected chi connectivity index (χ0v) is 19.0. The van der Waals surface area contributed by atoms with Crippen LogP contribution >= 0.6 is 0 Å². The fraction of sp³-hybridized carbons (Fsp3) is 0.462. The van der Waals surface area contributed by atoms with Gasteiger partial charge in [-0.25, -0.2) is 0 Å². The average molecular weight is 451 g/mol. The largest absolute Gasteiger partial charge is 0.497 e. The molecular formula is C26H30N2O5. The molecule has 0 aliphatic carbocycles. The number of piperidine rings is 1. The molecule has 3 aliphatic heterocycles. The predicted octanol–water partition coefficient (Wildman–Crippen LogP) is 3.25. The number of benzene rings is 2. The number of hydrogen-bond acceptors (Lipinski definition) is 5. The molecule has 0 bridgehead atoms. The summed E-state index contributed by atoms with van der Waals surface area (Å²) in [4.78, 5) is 29.9. The minimum absolute atomic E-state index is 0.159. The van der Waals surface area contributed by atoms with Gasteiger partial charge in [0, 0.05) is 32.6 Å². The van der Waals surface area contributed by atoms with Crippen molar-refractivity contribution in [1.82, 2.24) is 9.80 Å². The molecule has 33 heavy (non-hydrogen) atoms. The lowest BCUT2D eigenvalue weighted by Crippen LogP contribution is -2.44. The lowest BCUT2D eigenvalue weighted by molar-refractivity contribution is -0.133. The second-order valence-electron chi connectivity index (χ2n) is 9.17. The van der Waals surface area contributed by atoms with Crippen molar-refractivity contribution in [2.75, 3.05) is 33.5 Å². The van der Waals surface area contributed by atoms with E-state index in [1.807, 2.05) is 52.3 Å². The van der Waals surface area contributed by atoms with Crippen LogP contribution in [-0.4, -0.2) is 55.2 Å². The van der Waals surface area contributed by atoms with Crippen molar-refractivity contribution in [3.8, 4) is 17.2 Å². The molecule has 2 fully saturated rings. The molecule has 2 saturated heterocycles. The Hall–Kier alpha value is -3.22. The van der Waals surface area contributed by atoms with E-state index in [0.29, 0.717) is 31.2 Å². The number of likely N-dealkylation sites (tertiary alicyclic amines) is 2. The van der Waals surface area contributed by atoms with Crippen molar-refractivity contribution in [3.05, 3.63) is 53.6 Å². The molecule has 2 atom stereocenters. The Bertz CT molecular complexity index is 1020. The first kappa shape index (κ1) is 21.6. The Labute approximate surface area is 194 Å². The Kier molecular flexibility index (Phi) is 6.11. The van der Waals surface area contributed by atoms with Crippen LogP contribution in [0.5, 0.6) is 17.2 Å². The van der Waals surface area contributed by atoms with Crippen molar-refractivity contribution in [2.45, 2.75) is 32.2 Å². The molecule has 0 radical (unpaired) electrons. The van der Waals surface area contributed by atoms with Crippen molar-refractivity contribution in [1.29, 1.82) is 0 Å². The van der Waals surface area contributed by atoms with E-state index in [1.54, 1.807) is 7.11 Å². The third kappa shape index (κ3) is 4.77. The van der Waals surface area contributed by atoms with Crippen LogP contribution in [0.3, 0.4) is 0 Å². The molecule has 2 amide bonds. The van der Waals surface area contributed by atoms with Gasteiger partial charge in [0.2, 0.25) is 18.6 Å².